The molecule has 4 heteroatoms. The van der Waals surface area contributed by atoms with Crippen LogP contribution in [0.5, 0.6) is 0 Å². The third-order valence-electron chi connectivity index (χ3n) is 2.79. The Bertz CT molecular complexity index is 196. The Labute approximate surface area is 84.2 Å². The van der Waals surface area contributed by atoms with Gasteiger partial charge in [0.15, 0.2) is 0 Å². The summed E-state index contributed by atoms with van der Waals surface area (Å²) in [7, 11) is 1.35. The minimum atomic E-state index is -1.03. The summed E-state index contributed by atoms with van der Waals surface area (Å²) in [5, 5.41) is 10.2. The number of hydrogen-bond acceptors (Lipinski definition) is 4. The van der Waals surface area contributed by atoms with Crippen LogP contribution in [-0.4, -0.2) is 37.0 Å². The first-order valence-electron chi connectivity index (χ1n) is 5.02. The van der Waals surface area contributed by atoms with Crippen LogP contribution in [0, 0.1) is 5.92 Å². The van der Waals surface area contributed by atoms with Gasteiger partial charge in [-0.25, -0.2) is 0 Å². The van der Waals surface area contributed by atoms with Crippen molar-refractivity contribution in [2.75, 3.05) is 20.3 Å². The van der Waals surface area contributed by atoms with E-state index in [2.05, 4.69) is 4.74 Å². The lowest BCUT2D eigenvalue weighted by Gasteiger charge is -2.36. The number of aliphatic hydroxyl groups is 1. The summed E-state index contributed by atoms with van der Waals surface area (Å²) in [6.45, 7) is 2.77. The van der Waals surface area contributed by atoms with Crippen molar-refractivity contribution >= 4 is 5.97 Å². The first-order valence-corrected chi connectivity index (χ1v) is 5.02. The van der Waals surface area contributed by atoms with Crippen molar-refractivity contribution in [2.24, 2.45) is 5.92 Å². The van der Waals surface area contributed by atoms with Gasteiger partial charge in [-0.05, 0) is 19.3 Å². The smallest absolute Gasteiger partial charge is 0.311 e. The molecule has 2 unspecified atom stereocenters. The van der Waals surface area contributed by atoms with Crippen LogP contribution in [0.2, 0.25) is 0 Å². The number of hydrogen-bond donors (Lipinski definition) is 1. The van der Waals surface area contributed by atoms with E-state index in [1.807, 2.05) is 6.92 Å². The van der Waals surface area contributed by atoms with Gasteiger partial charge in [-0.3, -0.25) is 4.79 Å². The number of carbonyl (C=O) groups is 1. The van der Waals surface area contributed by atoms with E-state index >= 15 is 0 Å². The van der Waals surface area contributed by atoms with E-state index in [4.69, 9.17) is 4.74 Å². The van der Waals surface area contributed by atoms with E-state index < -0.39 is 11.5 Å². The molecule has 0 amide bonds. The van der Waals surface area contributed by atoms with Crippen molar-refractivity contribution in [1.82, 2.24) is 0 Å². The SMILES string of the molecule is CCC(C(=O)OC)C1(O)CCCOC1. The molecule has 2 atom stereocenters. The molecule has 0 aromatic heterocycles. The molecule has 0 spiro atoms. The van der Waals surface area contributed by atoms with E-state index in [1.54, 1.807) is 0 Å². The van der Waals surface area contributed by atoms with Crippen molar-refractivity contribution in [3.05, 3.63) is 0 Å². The van der Waals surface area contributed by atoms with Crippen LogP contribution in [0.25, 0.3) is 0 Å². The molecule has 0 radical (unpaired) electrons. The van der Waals surface area contributed by atoms with Gasteiger partial charge in [0.05, 0.1) is 19.6 Å². The van der Waals surface area contributed by atoms with Crippen LogP contribution in [0.3, 0.4) is 0 Å². The first-order chi connectivity index (χ1) is 6.64. The van der Waals surface area contributed by atoms with Gasteiger partial charge >= 0.3 is 5.97 Å². The minimum absolute atomic E-state index is 0.237. The van der Waals surface area contributed by atoms with Crippen molar-refractivity contribution in [2.45, 2.75) is 31.8 Å². The summed E-state index contributed by atoms with van der Waals surface area (Å²) >= 11 is 0. The zero-order valence-electron chi connectivity index (χ0n) is 8.78. The average Bonchev–Trinajstić information content (AvgIpc) is 2.19. The van der Waals surface area contributed by atoms with Gasteiger partial charge in [0.1, 0.15) is 5.60 Å². The van der Waals surface area contributed by atoms with Crippen molar-refractivity contribution in [3.8, 4) is 0 Å². The van der Waals surface area contributed by atoms with E-state index in [0.29, 0.717) is 19.4 Å². The molecule has 0 aliphatic carbocycles. The topological polar surface area (TPSA) is 55.8 Å². The molecule has 1 N–H and O–H groups in total. The average molecular weight is 202 g/mol. The molecule has 1 aliphatic heterocycles. The summed E-state index contributed by atoms with van der Waals surface area (Å²) in [5.41, 5.74) is -1.03. The molecule has 1 saturated heterocycles. The highest BCUT2D eigenvalue weighted by atomic mass is 16.5. The third kappa shape index (κ3) is 2.25. The zero-order valence-corrected chi connectivity index (χ0v) is 8.78. The second-order valence-electron chi connectivity index (χ2n) is 3.74. The van der Waals surface area contributed by atoms with Crippen LogP contribution in [-0.2, 0) is 14.3 Å². The fourth-order valence-corrected chi connectivity index (χ4v) is 1.98. The highest BCUT2D eigenvalue weighted by Crippen LogP contribution is 2.30. The summed E-state index contributed by atoms with van der Waals surface area (Å²) in [6, 6.07) is 0. The van der Waals surface area contributed by atoms with Crippen molar-refractivity contribution in [1.29, 1.82) is 0 Å². The van der Waals surface area contributed by atoms with E-state index in [-0.39, 0.29) is 12.6 Å². The second kappa shape index (κ2) is 4.75. The predicted octanol–water partition coefficient (Wildman–Crippen LogP) is 0.727. The molecule has 1 rings (SSSR count). The number of rotatable bonds is 3. The quantitative estimate of drug-likeness (QED) is 0.685. The van der Waals surface area contributed by atoms with Crippen LogP contribution < -0.4 is 0 Å². The van der Waals surface area contributed by atoms with Gasteiger partial charge in [0.2, 0.25) is 0 Å². The van der Waals surface area contributed by atoms with E-state index in [9.17, 15) is 9.90 Å². The summed E-state index contributed by atoms with van der Waals surface area (Å²) in [5.74, 6) is -0.812. The standard InChI is InChI=1S/C10H18O4/c1-3-8(9(11)13-2)10(12)5-4-6-14-7-10/h8,12H,3-7H2,1-2H3. The minimum Gasteiger partial charge on any atom is -0.469 e. The normalized spacial score (nSPS) is 29.6. The largest absolute Gasteiger partial charge is 0.469 e. The fourth-order valence-electron chi connectivity index (χ4n) is 1.98. The van der Waals surface area contributed by atoms with Crippen LogP contribution in [0.1, 0.15) is 26.2 Å². The maximum Gasteiger partial charge on any atom is 0.311 e. The molecular formula is C10H18O4. The summed E-state index contributed by atoms with van der Waals surface area (Å²) < 4.78 is 9.87. The number of methoxy groups -OCH3 is 1. The van der Waals surface area contributed by atoms with Gasteiger partial charge in [-0.1, -0.05) is 6.92 Å². The lowest BCUT2D eigenvalue weighted by Crippen LogP contribution is -2.48. The van der Waals surface area contributed by atoms with Crippen molar-refractivity contribution < 1.29 is 19.4 Å². The third-order valence-corrected chi connectivity index (χ3v) is 2.79. The maximum atomic E-state index is 11.4. The zero-order chi connectivity index (χ0) is 10.6. The summed E-state index contributed by atoms with van der Waals surface area (Å²) in [4.78, 5) is 11.4. The van der Waals surface area contributed by atoms with Crippen LogP contribution in [0.4, 0.5) is 0 Å². The predicted molar refractivity (Wildman–Crippen MR) is 50.8 cm³/mol. The van der Waals surface area contributed by atoms with Crippen LogP contribution in [0.15, 0.2) is 0 Å². The monoisotopic (exact) mass is 202 g/mol. The Morgan fingerprint density at radius 3 is 2.86 bits per heavy atom. The van der Waals surface area contributed by atoms with Gasteiger partial charge in [-0.2, -0.15) is 0 Å². The highest BCUT2D eigenvalue weighted by Gasteiger charge is 2.42. The molecule has 0 saturated carbocycles. The fraction of sp³-hybridized carbons (Fsp3) is 0.900. The number of ether oxygens (including phenoxy) is 2. The van der Waals surface area contributed by atoms with Gasteiger partial charge in [0.25, 0.3) is 0 Å². The lowest BCUT2D eigenvalue weighted by atomic mass is 9.81. The van der Waals surface area contributed by atoms with Gasteiger partial charge in [0, 0.05) is 6.61 Å². The molecule has 4 nitrogen and oxygen atoms in total. The highest BCUT2D eigenvalue weighted by molar-refractivity contribution is 5.73. The molecule has 1 heterocycles. The first kappa shape index (κ1) is 11.5. The molecule has 0 aromatic carbocycles. The molecule has 0 bridgehead atoms. The van der Waals surface area contributed by atoms with Crippen molar-refractivity contribution in [3.63, 3.8) is 0 Å². The van der Waals surface area contributed by atoms with Gasteiger partial charge < -0.3 is 14.6 Å². The molecule has 0 aromatic rings. The van der Waals surface area contributed by atoms with Crippen LogP contribution >= 0.6 is 0 Å². The second-order valence-corrected chi connectivity index (χ2v) is 3.74. The molecule has 1 fully saturated rings. The number of esters is 1. The molecule has 82 valence electrons. The number of carbonyl (C=O) groups excluding carboxylic acids is 1. The van der Waals surface area contributed by atoms with E-state index in [0.717, 1.165) is 6.42 Å². The Morgan fingerprint density at radius 1 is 1.71 bits per heavy atom. The molecular weight excluding hydrogens is 184 g/mol. The summed E-state index contributed by atoms with van der Waals surface area (Å²) in [6.07, 6.45) is 1.98. The Balaban J connectivity index is 2.70. The Hall–Kier alpha value is -0.610. The molecule has 1 aliphatic rings. The lowest BCUT2D eigenvalue weighted by molar-refractivity contribution is -0.168. The van der Waals surface area contributed by atoms with E-state index in [1.165, 1.54) is 7.11 Å². The Kier molecular flexibility index (Phi) is 3.89. The van der Waals surface area contributed by atoms with Gasteiger partial charge in [-0.15, -0.1) is 0 Å². The maximum absolute atomic E-state index is 11.4. The molecule has 14 heavy (non-hydrogen) atoms. The Morgan fingerprint density at radius 2 is 2.43 bits per heavy atom.